The van der Waals surface area contributed by atoms with E-state index in [-0.39, 0.29) is 5.97 Å². The maximum atomic E-state index is 11.4. The Hall–Kier alpha value is -1.34. The molecule has 4 heteroatoms. The zero-order chi connectivity index (χ0) is 11.3. The molecule has 0 radical (unpaired) electrons. The number of benzene rings is 1. The van der Waals surface area contributed by atoms with Gasteiger partial charge in [0.15, 0.2) is 0 Å². The van der Waals surface area contributed by atoms with E-state index in [0.717, 1.165) is 10.9 Å². The van der Waals surface area contributed by atoms with Crippen LogP contribution in [-0.2, 0) is 11.2 Å². The van der Waals surface area contributed by atoms with Crippen LogP contribution in [0.4, 0.5) is 0 Å². The molecule has 0 unspecified atom stereocenters. The summed E-state index contributed by atoms with van der Waals surface area (Å²) >= 11 is 3.30. The van der Waals surface area contributed by atoms with Crippen molar-refractivity contribution < 1.29 is 9.53 Å². The lowest BCUT2D eigenvalue weighted by Crippen LogP contribution is -2.06. The van der Waals surface area contributed by atoms with Crippen LogP contribution in [0.3, 0.4) is 0 Å². The Morgan fingerprint density at radius 3 is 2.87 bits per heavy atom. The molecular formula is C11H10BrNO2. The van der Waals surface area contributed by atoms with Crippen molar-refractivity contribution in [3.63, 3.8) is 0 Å². The molecule has 1 rings (SSSR count). The number of hydrogen-bond donors (Lipinski definition) is 0. The first-order valence-corrected chi connectivity index (χ1v) is 5.52. The third kappa shape index (κ3) is 2.80. The van der Waals surface area contributed by atoms with Crippen molar-refractivity contribution in [2.75, 3.05) is 12.4 Å². The number of alkyl halides is 1. The molecule has 78 valence electrons. The van der Waals surface area contributed by atoms with Gasteiger partial charge in [0, 0.05) is 5.33 Å². The number of halogens is 1. The van der Waals surface area contributed by atoms with Gasteiger partial charge in [-0.3, -0.25) is 0 Å². The van der Waals surface area contributed by atoms with Crippen LogP contribution in [0, 0.1) is 11.3 Å². The largest absolute Gasteiger partial charge is 0.465 e. The number of carbonyl (C=O) groups excluding carboxylic acids is 1. The van der Waals surface area contributed by atoms with E-state index in [2.05, 4.69) is 20.7 Å². The van der Waals surface area contributed by atoms with Gasteiger partial charge in [-0.05, 0) is 30.2 Å². The average Bonchev–Trinajstić information content (AvgIpc) is 2.28. The second kappa shape index (κ2) is 5.52. The Morgan fingerprint density at radius 1 is 1.60 bits per heavy atom. The highest BCUT2D eigenvalue weighted by atomic mass is 79.9. The first kappa shape index (κ1) is 11.7. The predicted molar refractivity (Wildman–Crippen MR) is 60.0 cm³/mol. The average molecular weight is 268 g/mol. The molecule has 3 nitrogen and oxygen atoms in total. The van der Waals surface area contributed by atoms with E-state index in [1.165, 1.54) is 7.11 Å². The summed E-state index contributed by atoms with van der Waals surface area (Å²) in [6.45, 7) is 0. The van der Waals surface area contributed by atoms with Gasteiger partial charge in [-0.1, -0.05) is 15.9 Å². The molecule has 0 saturated heterocycles. The third-order valence-electron chi connectivity index (χ3n) is 2.00. The summed E-state index contributed by atoms with van der Waals surface area (Å²) in [4.78, 5) is 11.4. The monoisotopic (exact) mass is 267 g/mol. The summed E-state index contributed by atoms with van der Waals surface area (Å²) in [6.07, 6.45) is 0.694. The first-order valence-electron chi connectivity index (χ1n) is 4.40. The standard InChI is InChI=1S/C11H10BrNO2/c1-15-11(14)10-3-2-8(7-13)6-9(10)4-5-12/h2-3,6H,4-5H2,1H3. The van der Waals surface area contributed by atoms with Crippen LogP contribution in [0.5, 0.6) is 0 Å². The molecule has 0 aromatic heterocycles. The molecule has 0 spiro atoms. The van der Waals surface area contributed by atoms with Crippen molar-refractivity contribution in [1.82, 2.24) is 0 Å². The van der Waals surface area contributed by atoms with Gasteiger partial charge in [-0.15, -0.1) is 0 Å². The number of methoxy groups -OCH3 is 1. The normalized spacial score (nSPS) is 9.40. The van der Waals surface area contributed by atoms with Crippen molar-refractivity contribution in [2.24, 2.45) is 0 Å². The Kier molecular flexibility index (Phi) is 4.32. The van der Waals surface area contributed by atoms with Crippen molar-refractivity contribution in [3.8, 4) is 6.07 Å². The minimum absolute atomic E-state index is 0.365. The van der Waals surface area contributed by atoms with E-state index < -0.39 is 0 Å². The van der Waals surface area contributed by atoms with Crippen LogP contribution < -0.4 is 0 Å². The topological polar surface area (TPSA) is 50.1 Å². The Balaban J connectivity index is 3.15. The van der Waals surface area contributed by atoms with Crippen LogP contribution in [-0.4, -0.2) is 18.4 Å². The predicted octanol–water partition coefficient (Wildman–Crippen LogP) is 2.28. The van der Waals surface area contributed by atoms with Gasteiger partial charge in [0.25, 0.3) is 0 Å². The number of aryl methyl sites for hydroxylation is 1. The fourth-order valence-electron chi connectivity index (χ4n) is 1.28. The van der Waals surface area contributed by atoms with E-state index in [1.54, 1.807) is 18.2 Å². The van der Waals surface area contributed by atoms with E-state index in [9.17, 15) is 4.79 Å². The van der Waals surface area contributed by atoms with Crippen LogP contribution in [0.1, 0.15) is 21.5 Å². The molecule has 0 atom stereocenters. The third-order valence-corrected chi connectivity index (χ3v) is 2.40. The van der Waals surface area contributed by atoms with Crippen molar-refractivity contribution >= 4 is 21.9 Å². The molecule has 15 heavy (non-hydrogen) atoms. The Labute approximate surface area is 96.8 Å². The summed E-state index contributed by atoms with van der Waals surface area (Å²) in [7, 11) is 1.35. The van der Waals surface area contributed by atoms with Crippen molar-refractivity contribution in [2.45, 2.75) is 6.42 Å². The van der Waals surface area contributed by atoms with Crippen molar-refractivity contribution in [1.29, 1.82) is 5.26 Å². The van der Waals surface area contributed by atoms with E-state index >= 15 is 0 Å². The number of carbonyl (C=O) groups is 1. The van der Waals surface area contributed by atoms with E-state index in [4.69, 9.17) is 5.26 Å². The number of rotatable bonds is 3. The van der Waals surface area contributed by atoms with Crippen LogP contribution in [0.15, 0.2) is 18.2 Å². The molecule has 0 fully saturated rings. The highest BCUT2D eigenvalue weighted by Gasteiger charge is 2.11. The smallest absolute Gasteiger partial charge is 0.338 e. The summed E-state index contributed by atoms with van der Waals surface area (Å²) in [6, 6.07) is 7.00. The summed E-state index contributed by atoms with van der Waals surface area (Å²) in [5, 5.41) is 9.48. The first-order chi connectivity index (χ1) is 7.22. The van der Waals surface area contributed by atoms with Gasteiger partial charge < -0.3 is 4.74 Å². The maximum absolute atomic E-state index is 11.4. The van der Waals surface area contributed by atoms with Gasteiger partial charge >= 0.3 is 5.97 Å². The summed E-state index contributed by atoms with van der Waals surface area (Å²) in [5.41, 5.74) is 1.91. The quantitative estimate of drug-likeness (QED) is 0.624. The summed E-state index contributed by atoms with van der Waals surface area (Å²) < 4.78 is 4.66. The fourth-order valence-corrected chi connectivity index (χ4v) is 1.71. The molecule has 0 aliphatic heterocycles. The lowest BCUT2D eigenvalue weighted by atomic mass is 10.0. The highest BCUT2D eigenvalue weighted by molar-refractivity contribution is 9.09. The van der Waals surface area contributed by atoms with Gasteiger partial charge in [0.1, 0.15) is 0 Å². The zero-order valence-corrected chi connectivity index (χ0v) is 9.87. The number of hydrogen-bond acceptors (Lipinski definition) is 3. The van der Waals surface area contributed by atoms with E-state index in [0.29, 0.717) is 17.5 Å². The molecule has 0 heterocycles. The van der Waals surface area contributed by atoms with Gasteiger partial charge in [0.05, 0.1) is 24.3 Å². The highest BCUT2D eigenvalue weighted by Crippen LogP contribution is 2.14. The molecule has 0 aliphatic rings. The van der Waals surface area contributed by atoms with E-state index in [1.807, 2.05) is 6.07 Å². The minimum atomic E-state index is -0.365. The molecule has 0 bridgehead atoms. The summed E-state index contributed by atoms with van der Waals surface area (Å²) in [5.74, 6) is -0.365. The van der Waals surface area contributed by atoms with Crippen LogP contribution in [0.2, 0.25) is 0 Å². The fraction of sp³-hybridized carbons (Fsp3) is 0.273. The van der Waals surface area contributed by atoms with Gasteiger partial charge in [-0.25, -0.2) is 4.79 Å². The number of esters is 1. The number of nitriles is 1. The lowest BCUT2D eigenvalue weighted by molar-refractivity contribution is 0.0599. The SMILES string of the molecule is COC(=O)c1ccc(C#N)cc1CCBr. The zero-order valence-electron chi connectivity index (χ0n) is 8.29. The molecule has 1 aromatic rings. The Bertz CT molecular complexity index is 410. The molecule has 0 aliphatic carbocycles. The maximum Gasteiger partial charge on any atom is 0.338 e. The second-order valence-electron chi connectivity index (χ2n) is 2.91. The molecule has 0 saturated carbocycles. The van der Waals surface area contributed by atoms with Crippen LogP contribution in [0.25, 0.3) is 0 Å². The van der Waals surface area contributed by atoms with Gasteiger partial charge in [-0.2, -0.15) is 5.26 Å². The second-order valence-corrected chi connectivity index (χ2v) is 3.71. The number of nitrogens with zero attached hydrogens (tertiary/aromatic N) is 1. The lowest BCUT2D eigenvalue weighted by Gasteiger charge is -2.06. The molecule has 1 aromatic carbocycles. The van der Waals surface area contributed by atoms with Crippen LogP contribution >= 0.6 is 15.9 Å². The van der Waals surface area contributed by atoms with Crippen molar-refractivity contribution in [3.05, 3.63) is 34.9 Å². The number of ether oxygens (including phenoxy) is 1. The van der Waals surface area contributed by atoms with Gasteiger partial charge in [0.2, 0.25) is 0 Å². The minimum Gasteiger partial charge on any atom is -0.465 e. The molecular weight excluding hydrogens is 258 g/mol. The Morgan fingerprint density at radius 2 is 2.33 bits per heavy atom. The molecule has 0 amide bonds. The molecule has 0 N–H and O–H groups in total.